The van der Waals surface area contributed by atoms with Gasteiger partial charge in [-0.1, -0.05) is 84.9 Å². The van der Waals surface area contributed by atoms with Gasteiger partial charge in [0.2, 0.25) is 5.91 Å². The molecule has 2 aliphatic rings. The molecule has 0 spiro atoms. The molecule has 7 rings (SSSR count). The van der Waals surface area contributed by atoms with Crippen LogP contribution < -0.4 is 4.74 Å². The van der Waals surface area contributed by atoms with E-state index < -0.39 is 0 Å². The fourth-order valence-corrected chi connectivity index (χ4v) is 7.28. The molecule has 2 fully saturated rings. The van der Waals surface area contributed by atoms with Gasteiger partial charge >= 0.3 is 0 Å². The Morgan fingerprint density at radius 1 is 0.783 bits per heavy atom. The van der Waals surface area contributed by atoms with E-state index in [1.54, 1.807) is 7.11 Å². The molecule has 0 N–H and O–H groups in total. The molecular weight excluding hydrogens is 570 g/mol. The van der Waals surface area contributed by atoms with E-state index in [4.69, 9.17) is 9.72 Å². The summed E-state index contributed by atoms with van der Waals surface area (Å²) in [5.74, 6) is 2.24. The number of ether oxygens (including phenoxy) is 1. The number of fused-ring (bicyclic) bond motifs is 1. The van der Waals surface area contributed by atoms with Crippen molar-refractivity contribution in [2.24, 2.45) is 5.92 Å². The highest BCUT2D eigenvalue weighted by Gasteiger charge is 2.33. The molecule has 3 heterocycles. The van der Waals surface area contributed by atoms with E-state index >= 15 is 0 Å². The number of aromatic nitrogens is 2. The van der Waals surface area contributed by atoms with Gasteiger partial charge in [0, 0.05) is 39.3 Å². The van der Waals surface area contributed by atoms with E-state index in [0.717, 1.165) is 87.8 Å². The number of carbonyl (C=O) groups is 1. The third kappa shape index (κ3) is 6.57. The quantitative estimate of drug-likeness (QED) is 0.197. The van der Waals surface area contributed by atoms with Crippen molar-refractivity contribution >= 4 is 16.9 Å². The van der Waals surface area contributed by atoms with Gasteiger partial charge < -0.3 is 14.2 Å². The second-order valence-corrected chi connectivity index (χ2v) is 12.6. The van der Waals surface area contributed by atoms with Gasteiger partial charge in [-0.2, -0.15) is 0 Å². The molecule has 7 heteroatoms. The first kappa shape index (κ1) is 30.2. The van der Waals surface area contributed by atoms with Gasteiger partial charge in [0.1, 0.15) is 11.6 Å². The van der Waals surface area contributed by atoms with Crippen molar-refractivity contribution < 1.29 is 9.53 Å². The van der Waals surface area contributed by atoms with Crippen molar-refractivity contribution in [1.82, 2.24) is 24.3 Å². The highest BCUT2D eigenvalue weighted by atomic mass is 16.5. The molecule has 4 aromatic carbocycles. The van der Waals surface area contributed by atoms with E-state index in [-0.39, 0.29) is 12.0 Å². The number of imidazole rings is 1. The Morgan fingerprint density at radius 3 is 2.11 bits per heavy atom. The van der Waals surface area contributed by atoms with Gasteiger partial charge in [0.15, 0.2) is 0 Å². The number of hydrogen-bond donors (Lipinski definition) is 0. The summed E-state index contributed by atoms with van der Waals surface area (Å²) in [5, 5.41) is 0. The van der Waals surface area contributed by atoms with Crippen molar-refractivity contribution in [3.63, 3.8) is 0 Å². The Labute approximate surface area is 272 Å². The Hall–Kier alpha value is -4.46. The second-order valence-electron chi connectivity index (χ2n) is 12.6. The first-order valence-electron chi connectivity index (χ1n) is 16.6. The molecule has 236 valence electrons. The SMILES string of the molecule is COc1ccc(Cn2c(CN3CCC[C@@H](C(=O)N4CCN(C(c5ccccc5)c5ccccc5)CC4)C3)nc3ccccc32)cc1. The van der Waals surface area contributed by atoms with E-state index in [1.807, 2.05) is 18.2 Å². The van der Waals surface area contributed by atoms with E-state index in [1.165, 1.54) is 16.7 Å². The molecule has 46 heavy (non-hydrogen) atoms. The average Bonchev–Trinajstić information content (AvgIpc) is 3.46. The number of rotatable bonds is 9. The molecular formula is C39H43N5O2. The highest BCUT2D eigenvalue weighted by molar-refractivity contribution is 5.79. The molecule has 0 radical (unpaired) electrons. The number of para-hydroxylation sites is 2. The van der Waals surface area contributed by atoms with Crippen molar-refractivity contribution in [2.45, 2.75) is 32.0 Å². The highest BCUT2D eigenvalue weighted by Crippen LogP contribution is 2.30. The second kappa shape index (κ2) is 13.9. The van der Waals surface area contributed by atoms with Crippen molar-refractivity contribution in [3.05, 3.63) is 132 Å². The molecule has 7 nitrogen and oxygen atoms in total. The number of benzene rings is 4. The maximum absolute atomic E-state index is 13.9. The first-order valence-corrected chi connectivity index (χ1v) is 16.6. The van der Waals surface area contributed by atoms with Crippen molar-refractivity contribution in [2.75, 3.05) is 46.4 Å². The average molecular weight is 614 g/mol. The summed E-state index contributed by atoms with van der Waals surface area (Å²) in [5.41, 5.74) is 5.96. The van der Waals surface area contributed by atoms with Crippen LogP contribution in [0.15, 0.2) is 109 Å². The minimum Gasteiger partial charge on any atom is -0.497 e. The molecule has 2 aliphatic heterocycles. The Kier molecular flexibility index (Phi) is 9.12. The van der Waals surface area contributed by atoms with E-state index in [9.17, 15) is 4.79 Å². The van der Waals surface area contributed by atoms with E-state index in [0.29, 0.717) is 5.91 Å². The van der Waals surface area contributed by atoms with Crippen LogP contribution in [0.1, 0.15) is 41.4 Å². The van der Waals surface area contributed by atoms with Crippen LogP contribution in [-0.2, 0) is 17.9 Å². The zero-order valence-electron chi connectivity index (χ0n) is 26.7. The Bertz CT molecular complexity index is 1690. The van der Waals surface area contributed by atoms with Crippen LogP contribution in [0, 0.1) is 5.92 Å². The topological polar surface area (TPSA) is 53.8 Å². The van der Waals surface area contributed by atoms with Crippen LogP contribution in [0.3, 0.4) is 0 Å². The lowest BCUT2D eigenvalue weighted by atomic mass is 9.95. The number of likely N-dealkylation sites (tertiary alicyclic amines) is 1. The maximum Gasteiger partial charge on any atom is 0.227 e. The van der Waals surface area contributed by atoms with Crippen LogP contribution in [-0.4, -0.2) is 76.5 Å². The molecule has 0 unspecified atom stereocenters. The molecule has 5 aromatic rings. The zero-order chi connectivity index (χ0) is 31.3. The third-order valence-electron chi connectivity index (χ3n) is 9.67. The lowest BCUT2D eigenvalue weighted by Gasteiger charge is -2.42. The first-order chi connectivity index (χ1) is 22.7. The third-order valence-corrected chi connectivity index (χ3v) is 9.67. The van der Waals surface area contributed by atoms with Gasteiger partial charge in [0.25, 0.3) is 0 Å². The zero-order valence-corrected chi connectivity index (χ0v) is 26.7. The van der Waals surface area contributed by atoms with Gasteiger partial charge in [0.05, 0.1) is 36.6 Å². The predicted molar refractivity (Wildman–Crippen MR) is 183 cm³/mol. The number of nitrogens with zero attached hydrogens (tertiary/aromatic N) is 5. The lowest BCUT2D eigenvalue weighted by Crippen LogP contribution is -2.53. The summed E-state index contributed by atoms with van der Waals surface area (Å²) in [7, 11) is 1.69. The summed E-state index contributed by atoms with van der Waals surface area (Å²) in [6.07, 6.45) is 1.98. The van der Waals surface area contributed by atoms with Crippen molar-refractivity contribution in [1.29, 1.82) is 0 Å². The molecule has 1 atom stereocenters. The predicted octanol–water partition coefficient (Wildman–Crippen LogP) is 6.24. The lowest BCUT2D eigenvalue weighted by molar-refractivity contribution is -0.139. The smallest absolute Gasteiger partial charge is 0.227 e. The van der Waals surface area contributed by atoms with Gasteiger partial charge in [-0.15, -0.1) is 0 Å². The van der Waals surface area contributed by atoms with Crippen LogP contribution >= 0.6 is 0 Å². The minimum atomic E-state index is 0.0266. The van der Waals surface area contributed by atoms with Gasteiger partial charge in [-0.05, 0) is 60.3 Å². The fourth-order valence-electron chi connectivity index (χ4n) is 7.28. The number of piperazine rings is 1. The number of amides is 1. The molecule has 1 amide bonds. The molecule has 1 aromatic heterocycles. The Balaban J connectivity index is 1.02. The number of methoxy groups -OCH3 is 1. The molecule has 0 saturated carbocycles. The summed E-state index contributed by atoms with van der Waals surface area (Å²) in [6.45, 7) is 6.51. The van der Waals surface area contributed by atoms with Gasteiger partial charge in [-0.3, -0.25) is 14.6 Å². The molecule has 0 aliphatic carbocycles. The summed E-state index contributed by atoms with van der Waals surface area (Å²) < 4.78 is 7.70. The fraction of sp³-hybridized carbons (Fsp3) is 0.333. The maximum atomic E-state index is 13.9. The molecule has 0 bridgehead atoms. The largest absolute Gasteiger partial charge is 0.497 e. The molecule has 2 saturated heterocycles. The van der Waals surface area contributed by atoms with Crippen LogP contribution in [0.2, 0.25) is 0 Å². The summed E-state index contributed by atoms with van der Waals surface area (Å²) >= 11 is 0. The number of piperidine rings is 1. The van der Waals surface area contributed by atoms with Crippen LogP contribution in [0.4, 0.5) is 0 Å². The standard InChI is InChI=1S/C39H43N5O2/c1-46-34-20-18-30(19-21-34)27-44-36-17-9-8-16-35(36)40-37(44)29-41-22-10-15-33(28-41)39(45)43-25-23-42(24-26-43)38(31-11-4-2-5-12-31)32-13-6-3-7-14-32/h2-9,11-14,16-21,33,38H,10,15,22-29H2,1H3/t33-/m1/s1. The van der Waals surface area contributed by atoms with Crippen LogP contribution in [0.5, 0.6) is 5.75 Å². The van der Waals surface area contributed by atoms with Crippen LogP contribution in [0.25, 0.3) is 11.0 Å². The normalized spacial score (nSPS) is 17.9. The monoisotopic (exact) mass is 613 g/mol. The number of carbonyl (C=O) groups excluding carboxylic acids is 1. The number of hydrogen-bond acceptors (Lipinski definition) is 5. The minimum absolute atomic E-state index is 0.0266. The van der Waals surface area contributed by atoms with Gasteiger partial charge in [-0.25, -0.2) is 4.98 Å². The Morgan fingerprint density at radius 2 is 1.43 bits per heavy atom. The summed E-state index contributed by atoms with van der Waals surface area (Å²) in [6, 6.07) is 38.3. The van der Waals surface area contributed by atoms with E-state index in [2.05, 4.69) is 110 Å². The van der Waals surface area contributed by atoms with Crippen molar-refractivity contribution in [3.8, 4) is 5.75 Å². The summed E-state index contributed by atoms with van der Waals surface area (Å²) in [4.78, 5) is 26.1.